The van der Waals surface area contributed by atoms with Crippen molar-refractivity contribution < 1.29 is 23.0 Å². The van der Waals surface area contributed by atoms with Crippen molar-refractivity contribution in [1.82, 2.24) is 29.5 Å². The highest BCUT2D eigenvalue weighted by molar-refractivity contribution is 5.93. The maximum absolute atomic E-state index is 13.9. The quantitative estimate of drug-likeness (QED) is 0.255. The summed E-state index contributed by atoms with van der Waals surface area (Å²) in [4.78, 5) is 26.0. The highest BCUT2D eigenvalue weighted by Gasteiger charge is 2.15. The van der Waals surface area contributed by atoms with Crippen molar-refractivity contribution in [3.63, 3.8) is 0 Å². The number of nitrogens with one attached hydrogen (secondary N) is 2. The number of nitrogens with zero attached hydrogens (tertiary/aromatic N) is 6. The highest BCUT2D eigenvalue weighted by atomic mass is 19.2. The first kappa shape index (κ1) is 29.1. The normalized spacial score (nSPS) is 14.5. The van der Waals surface area contributed by atoms with E-state index < -0.39 is 17.5 Å². The predicted molar refractivity (Wildman–Crippen MR) is 155 cm³/mol. The van der Waals surface area contributed by atoms with Gasteiger partial charge in [0.15, 0.2) is 23.1 Å². The van der Waals surface area contributed by atoms with Crippen LogP contribution < -0.4 is 20.1 Å². The number of carbonyl (C=O) groups excluding carboxylic acids is 1. The van der Waals surface area contributed by atoms with Crippen molar-refractivity contribution in [2.24, 2.45) is 0 Å². The number of likely N-dealkylation sites (N-methyl/N-ethyl adjacent to an activating group) is 1. The molecule has 0 radical (unpaired) electrons. The molecule has 42 heavy (non-hydrogen) atoms. The molecule has 222 valence electrons. The first-order valence-electron chi connectivity index (χ1n) is 13.8. The summed E-state index contributed by atoms with van der Waals surface area (Å²) in [5, 5.41) is 10.4. The fourth-order valence-electron chi connectivity index (χ4n) is 4.82. The van der Waals surface area contributed by atoms with Crippen molar-refractivity contribution in [2.45, 2.75) is 19.4 Å². The summed E-state index contributed by atoms with van der Waals surface area (Å²) >= 11 is 0. The van der Waals surface area contributed by atoms with Gasteiger partial charge in [-0.15, -0.1) is 0 Å². The summed E-state index contributed by atoms with van der Waals surface area (Å²) in [6.45, 7) is 5.75. The van der Waals surface area contributed by atoms with Crippen LogP contribution in [-0.2, 0) is 11.3 Å². The number of methoxy groups -OCH3 is 1. The number of anilines is 3. The molecule has 5 rings (SSSR count). The van der Waals surface area contributed by atoms with Gasteiger partial charge in [-0.25, -0.2) is 18.7 Å². The number of aromatic nitrogens is 4. The second-order valence-electron chi connectivity index (χ2n) is 10.1. The van der Waals surface area contributed by atoms with Gasteiger partial charge in [0, 0.05) is 37.3 Å². The second-order valence-corrected chi connectivity index (χ2v) is 10.1. The third-order valence-corrected chi connectivity index (χ3v) is 7.04. The lowest BCUT2D eigenvalue weighted by molar-refractivity contribution is -0.116. The average Bonchev–Trinajstić information content (AvgIpc) is 3.30. The van der Waals surface area contributed by atoms with Gasteiger partial charge in [0.1, 0.15) is 18.7 Å². The molecule has 1 fully saturated rings. The average molecular weight is 581 g/mol. The van der Waals surface area contributed by atoms with Gasteiger partial charge in [0.2, 0.25) is 5.91 Å². The van der Waals surface area contributed by atoms with Gasteiger partial charge in [0.05, 0.1) is 36.8 Å². The summed E-state index contributed by atoms with van der Waals surface area (Å²) < 4.78 is 40.4. The van der Waals surface area contributed by atoms with E-state index in [1.54, 1.807) is 13.3 Å². The maximum atomic E-state index is 13.9. The molecule has 2 aromatic carbocycles. The van der Waals surface area contributed by atoms with E-state index in [4.69, 9.17) is 9.47 Å². The van der Waals surface area contributed by atoms with Crippen molar-refractivity contribution in [3.8, 4) is 11.5 Å². The first-order chi connectivity index (χ1) is 20.4. The number of ether oxygens (including phenoxy) is 2. The minimum absolute atomic E-state index is 0.203. The Balaban J connectivity index is 1.20. The molecular weight excluding hydrogens is 546 g/mol. The predicted octanol–water partition coefficient (Wildman–Crippen LogP) is 3.90. The Kier molecular flexibility index (Phi) is 9.39. The van der Waals surface area contributed by atoms with Crippen molar-refractivity contribution in [2.75, 3.05) is 64.1 Å². The summed E-state index contributed by atoms with van der Waals surface area (Å²) in [5.41, 5.74) is 1.00. The molecular formula is C29H34F2N8O3. The molecule has 11 nitrogen and oxygen atoms in total. The number of halogens is 2. The zero-order chi connectivity index (χ0) is 29.5. The number of fused-ring (bicyclic) bond motifs is 1. The zero-order valence-electron chi connectivity index (χ0n) is 23.6. The summed E-state index contributed by atoms with van der Waals surface area (Å²) in [7, 11) is 3.75. The minimum atomic E-state index is -1.12. The van der Waals surface area contributed by atoms with E-state index >= 15 is 0 Å². The fraction of sp³-hybridized carbons (Fsp3) is 0.379. The Labute approximate surface area is 242 Å². The van der Waals surface area contributed by atoms with Crippen LogP contribution in [0.25, 0.3) is 10.9 Å². The summed E-state index contributed by atoms with van der Waals surface area (Å²) in [6.07, 6.45) is 6.66. The van der Waals surface area contributed by atoms with Crippen LogP contribution in [0.1, 0.15) is 12.8 Å². The maximum Gasteiger partial charge on any atom is 0.246 e. The van der Waals surface area contributed by atoms with Gasteiger partial charge in [-0.1, -0.05) is 6.07 Å². The van der Waals surface area contributed by atoms with Gasteiger partial charge in [-0.05, 0) is 51.2 Å². The summed E-state index contributed by atoms with van der Waals surface area (Å²) in [6, 6.07) is 7.24. The molecule has 4 aromatic rings. The zero-order valence-corrected chi connectivity index (χ0v) is 23.6. The molecule has 13 heteroatoms. The first-order valence-corrected chi connectivity index (χ1v) is 13.8. The van der Waals surface area contributed by atoms with Crippen LogP contribution in [0.3, 0.4) is 0 Å². The van der Waals surface area contributed by atoms with Crippen molar-refractivity contribution in [1.29, 1.82) is 0 Å². The Morgan fingerprint density at radius 2 is 1.98 bits per heavy atom. The lowest BCUT2D eigenvalue weighted by atomic mass is 10.2. The lowest BCUT2D eigenvalue weighted by Gasteiger charge is -2.20. The van der Waals surface area contributed by atoms with Crippen molar-refractivity contribution >= 4 is 34.0 Å². The smallest absolute Gasteiger partial charge is 0.246 e. The van der Waals surface area contributed by atoms with Gasteiger partial charge in [0.25, 0.3) is 0 Å². The molecule has 0 unspecified atom stereocenters. The number of benzene rings is 2. The molecule has 0 atom stereocenters. The van der Waals surface area contributed by atoms with E-state index in [1.807, 2.05) is 12.1 Å². The van der Waals surface area contributed by atoms with Gasteiger partial charge < -0.3 is 29.9 Å². The molecule has 1 amide bonds. The largest absolute Gasteiger partial charge is 0.493 e. The van der Waals surface area contributed by atoms with E-state index in [1.165, 1.54) is 35.8 Å². The second kappa shape index (κ2) is 13.5. The standard InChI is InChI=1S/C29H34F2N8O3/c1-37-8-4-9-38(12-11-37)10-5-13-42-26-15-24-21(14-25(26)41-2)29(33-19-32-24)35-20-16-34-39(17-20)18-27(40)36-23-7-3-6-22(30)28(23)31/h3,6-7,14-17,19H,4-5,8-13,18H2,1-2H3,(H,36,40)(H,32,33,35). The van der Waals surface area contributed by atoms with E-state index in [2.05, 4.69) is 42.5 Å². The summed E-state index contributed by atoms with van der Waals surface area (Å²) in [5.74, 6) is -1.02. The van der Waals surface area contributed by atoms with E-state index in [0.717, 1.165) is 45.2 Å². The van der Waals surface area contributed by atoms with Gasteiger partial charge in [-0.2, -0.15) is 5.10 Å². The molecule has 0 aliphatic carbocycles. The Hall–Kier alpha value is -4.36. The molecule has 3 heterocycles. The number of amides is 1. The monoisotopic (exact) mass is 580 g/mol. The van der Waals surface area contributed by atoms with Crippen LogP contribution >= 0.6 is 0 Å². The minimum Gasteiger partial charge on any atom is -0.493 e. The van der Waals surface area contributed by atoms with Crippen LogP contribution in [0.15, 0.2) is 49.1 Å². The van der Waals surface area contributed by atoms with E-state index in [9.17, 15) is 13.6 Å². The molecule has 0 saturated carbocycles. The fourth-order valence-corrected chi connectivity index (χ4v) is 4.82. The van der Waals surface area contributed by atoms with Crippen LogP contribution in [0.5, 0.6) is 11.5 Å². The third-order valence-electron chi connectivity index (χ3n) is 7.04. The Morgan fingerprint density at radius 1 is 1.10 bits per heavy atom. The van der Waals surface area contributed by atoms with Gasteiger partial charge >= 0.3 is 0 Å². The van der Waals surface area contributed by atoms with Crippen LogP contribution in [-0.4, -0.2) is 88.9 Å². The Morgan fingerprint density at radius 3 is 2.83 bits per heavy atom. The van der Waals surface area contributed by atoms with Crippen molar-refractivity contribution in [3.05, 3.63) is 60.7 Å². The Bertz CT molecular complexity index is 1530. The third kappa shape index (κ3) is 7.28. The van der Waals surface area contributed by atoms with E-state index in [-0.39, 0.29) is 12.2 Å². The van der Waals surface area contributed by atoms with Gasteiger partial charge in [-0.3, -0.25) is 9.48 Å². The van der Waals surface area contributed by atoms with Crippen LogP contribution in [0.2, 0.25) is 0 Å². The molecule has 0 spiro atoms. The number of hydrogen-bond donors (Lipinski definition) is 2. The molecule has 0 bridgehead atoms. The molecule has 2 N–H and O–H groups in total. The molecule has 1 aliphatic heterocycles. The number of hydrogen-bond acceptors (Lipinski definition) is 9. The van der Waals surface area contributed by atoms with Crippen LogP contribution in [0.4, 0.5) is 26.0 Å². The topological polar surface area (TPSA) is 110 Å². The SMILES string of the molecule is COc1cc2c(Nc3cnn(CC(=O)Nc4cccc(F)c4F)c3)ncnc2cc1OCCCN1CCCN(C)CC1. The lowest BCUT2D eigenvalue weighted by Crippen LogP contribution is -2.30. The molecule has 1 saturated heterocycles. The molecule has 1 aliphatic rings. The van der Waals surface area contributed by atoms with Crippen LogP contribution in [0, 0.1) is 11.6 Å². The number of rotatable bonds is 11. The van der Waals surface area contributed by atoms with E-state index in [0.29, 0.717) is 40.5 Å². The highest BCUT2D eigenvalue weighted by Crippen LogP contribution is 2.34. The number of carbonyl (C=O) groups is 1. The molecule has 2 aromatic heterocycles.